The number of benzene rings is 2. The van der Waals surface area contributed by atoms with Crippen molar-refractivity contribution < 1.29 is 14.0 Å². The van der Waals surface area contributed by atoms with E-state index in [1.54, 1.807) is 6.92 Å². The Morgan fingerprint density at radius 2 is 1.79 bits per heavy atom. The number of nitrogens with one attached hydrogen (secondary N) is 1. The molecule has 6 heteroatoms. The molecule has 1 aliphatic rings. The van der Waals surface area contributed by atoms with Gasteiger partial charge in [-0.2, -0.15) is 4.98 Å². The molecule has 1 saturated heterocycles. The van der Waals surface area contributed by atoms with Gasteiger partial charge in [0.05, 0.1) is 0 Å². The Labute approximate surface area is 169 Å². The lowest BCUT2D eigenvalue weighted by Gasteiger charge is -2.32. The lowest BCUT2D eigenvalue weighted by Crippen LogP contribution is -2.38. The van der Waals surface area contributed by atoms with E-state index in [0.29, 0.717) is 5.56 Å². The van der Waals surface area contributed by atoms with Crippen molar-refractivity contribution in [1.29, 1.82) is 0 Å². The number of aromatic nitrogens is 1. The van der Waals surface area contributed by atoms with Crippen LogP contribution in [0.5, 0.6) is 0 Å². The average Bonchev–Trinajstić information content (AvgIpc) is 3.10. The Bertz CT molecular complexity index is 1060. The van der Waals surface area contributed by atoms with Gasteiger partial charge in [-0.3, -0.25) is 14.9 Å². The molecule has 2 heterocycles. The first-order valence-corrected chi connectivity index (χ1v) is 9.95. The lowest BCUT2D eigenvalue weighted by molar-refractivity contribution is -0.120. The van der Waals surface area contributed by atoms with E-state index in [-0.39, 0.29) is 23.6 Å². The highest BCUT2D eigenvalue weighted by Gasteiger charge is 2.26. The number of rotatable bonds is 4. The molecule has 0 unspecified atom stereocenters. The van der Waals surface area contributed by atoms with Gasteiger partial charge in [-0.25, -0.2) is 0 Å². The van der Waals surface area contributed by atoms with Gasteiger partial charge in [-0.05, 0) is 75.1 Å². The van der Waals surface area contributed by atoms with Crippen LogP contribution in [0.4, 0.5) is 11.7 Å². The molecule has 150 valence electrons. The smallest absolute Gasteiger partial charge is 0.302 e. The maximum atomic E-state index is 12.7. The molecule has 3 aromatic rings. The fraction of sp³-hybridized carbons (Fsp3) is 0.348. The number of ketones is 1. The summed E-state index contributed by atoms with van der Waals surface area (Å²) >= 11 is 0. The van der Waals surface area contributed by atoms with Gasteiger partial charge in [-0.1, -0.05) is 6.07 Å². The van der Waals surface area contributed by atoms with E-state index in [2.05, 4.69) is 15.2 Å². The number of oxazole rings is 1. The first-order chi connectivity index (χ1) is 13.9. The maximum absolute atomic E-state index is 12.7. The number of nitrogens with zero attached hydrogens (tertiary/aromatic N) is 2. The van der Waals surface area contributed by atoms with Crippen LogP contribution in [-0.2, 0) is 4.79 Å². The summed E-state index contributed by atoms with van der Waals surface area (Å²) in [6.45, 7) is 7.15. The van der Waals surface area contributed by atoms with Gasteiger partial charge < -0.3 is 9.32 Å². The summed E-state index contributed by atoms with van der Waals surface area (Å²) in [5.41, 5.74) is 5.41. The Kier molecular flexibility index (Phi) is 5.09. The van der Waals surface area contributed by atoms with Crippen LogP contribution in [0.2, 0.25) is 0 Å². The van der Waals surface area contributed by atoms with Crippen LogP contribution in [0.1, 0.15) is 41.3 Å². The fourth-order valence-corrected chi connectivity index (χ4v) is 3.94. The largest absolute Gasteiger partial charge is 0.423 e. The van der Waals surface area contributed by atoms with Crippen molar-refractivity contribution in [3.05, 3.63) is 53.1 Å². The van der Waals surface area contributed by atoms with Gasteiger partial charge in [0.2, 0.25) is 5.91 Å². The van der Waals surface area contributed by atoms with E-state index in [0.717, 1.165) is 53.8 Å². The molecule has 1 N–H and O–H groups in total. The van der Waals surface area contributed by atoms with E-state index in [9.17, 15) is 9.59 Å². The quantitative estimate of drug-likeness (QED) is 0.663. The first-order valence-electron chi connectivity index (χ1n) is 9.95. The number of piperidine rings is 1. The molecular formula is C23H25N3O3. The van der Waals surface area contributed by atoms with Gasteiger partial charge in [0.1, 0.15) is 5.52 Å². The van der Waals surface area contributed by atoms with Crippen molar-refractivity contribution in [2.24, 2.45) is 5.92 Å². The molecule has 1 amide bonds. The summed E-state index contributed by atoms with van der Waals surface area (Å²) in [5.74, 6) is -0.0467. The number of aryl methyl sites for hydroxylation is 2. The zero-order valence-corrected chi connectivity index (χ0v) is 17.0. The molecule has 29 heavy (non-hydrogen) atoms. The zero-order chi connectivity index (χ0) is 20.5. The van der Waals surface area contributed by atoms with Crippen LogP contribution in [0.15, 0.2) is 40.8 Å². The second kappa shape index (κ2) is 7.70. The van der Waals surface area contributed by atoms with E-state index >= 15 is 0 Å². The molecule has 0 aliphatic carbocycles. The molecule has 0 atom stereocenters. The number of Topliss-reactive ketones (excluding diaryl/α,β-unsaturated/α-hetero) is 1. The number of anilines is 2. The number of hydrogen-bond donors (Lipinski definition) is 1. The highest BCUT2D eigenvalue weighted by atomic mass is 16.4. The Morgan fingerprint density at radius 1 is 1.10 bits per heavy atom. The average molecular weight is 391 g/mol. The minimum atomic E-state index is -0.0689. The Balaban J connectivity index is 1.38. The van der Waals surface area contributed by atoms with Crippen molar-refractivity contribution in [3.8, 4) is 0 Å². The molecule has 4 rings (SSSR count). The number of fused-ring (bicyclic) bond motifs is 1. The normalized spacial score (nSPS) is 14.9. The van der Waals surface area contributed by atoms with Crippen molar-refractivity contribution in [1.82, 2.24) is 4.98 Å². The summed E-state index contributed by atoms with van der Waals surface area (Å²) in [7, 11) is 0. The third kappa shape index (κ3) is 4.01. The molecular weight excluding hydrogens is 366 g/mol. The first kappa shape index (κ1) is 19.2. The summed E-state index contributed by atoms with van der Waals surface area (Å²) in [5, 5.41) is 2.85. The van der Waals surface area contributed by atoms with Crippen molar-refractivity contribution in [3.63, 3.8) is 0 Å². The molecule has 1 aromatic heterocycles. The predicted molar refractivity (Wildman–Crippen MR) is 113 cm³/mol. The van der Waals surface area contributed by atoms with E-state index < -0.39 is 0 Å². The van der Waals surface area contributed by atoms with Crippen LogP contribution in [0.3, 0.4) is 0 Å². The fourth-order valence-electron chi connectivity index (χ4n) is 3.94. The highest BCUT2D eigenvalue weighted by molar-refractivity contribution is 5.94. The van der Waals surface area contributed by atoms with Crippen molar-refractivity contribution in [2.75, 3.05) is 23.3 Å². The second-order valence-corrected chi connectivity index (χ2v) is 7.80. The van der Waals surface area contributed by atoms with E-state index in [4.69, 9.17) is 4.42 Å². The number of carbonyl (C=O) groups is 2. The molecule has 0 spiro atoms. The molecule has 1 fully saturated rings. The summed E-state index contributed by atoms with van der Waals surface area (Å²) in [4.78, 5) is 30.8. The number of hydrogen-bond acceptors (Lipinski definition) is 5. The lowest BCUT2D eigenvalue weighted by atomic mass is 9.95. The molecule has 0 radical (unpaired) electrons. The SMILES string of the molecule is CC(=O)c1ccc(N2CCC(C(=O)Nc3nc4cc(C)cc(C)c4o3)CC2)cc1. The van der Waals surface area contributed by atoms with E-state index in [1.807, 2.05) is 50.2 Å². The van der Waals surface area contributed by atoms with Crippen LogP contribution in [0, 0.1) is 19.8 Å². The summed E-state index contributed by atoms with van der Waals surface area (Å²) in [6, 6.07) is 11.9. The standard InChI is InChI=1S/C23H25N3O3/c1-14-12-15(2)21-20(13-14)24-23(29-21)25-22(28)18-8-10-26(11-9-18)19-6-4-17(5-7-19)16(3)27/h4-7,12-13,18H,8-11H2,1-3H3,(H,24,25,28). The van der Waals surface area contributed by atoms with Gasteiger partial charge in [0, 0.05) is 30.3 Å². The maximum Gasteiger partial charge on any atom is 0.302 e. The van der Waals surface area contributed by atoms with Crippen molar-refractivity contribution in [2.45, 2.75) is 33.6 Å². The van der Waals surface area contributed by atoms with E-state index in [1.165, 1.54) is 0 Å². The van der Waals surface area contributed by atoms with Gasteiger partial charge in [0.25, 0.3) is 0 Å². The molecule has 0 bridgehead atoms. The highest BCUT2D eigenvalue weighted by Crippen LogP contribution is 2.27. The Hall–Kier alpha value is -3.15. The van der Waals surface area contributed by atoms with Crippen LogP contribution in [-0.4, -0.2) is 29.8 Å². The van der Waals surface area contributed by atoms with Gasteiger partial charge in [-0.15, -0.1) is 0 Å². The van der Waals surface area contributed by atoms with Crippen molar-refractivity contribution >= 4 is 34.5 Å². The van der Waals surface area contributed by atoms with Gasteiger partial charge >= 0.3 is 6.01 Å². The third-order valence-corrected chi connectivity index (χ3v) is 5.55. The second-order valence-electron chi connectivity index (χ2n) is 7.80. The molecule has 2 aromatic carbocycles. The number of amides is 1. The van der Waals surface area contributed by atoms with Crippen LogP contribution >= 0.6 is 0 Å². The minimum absolute atomic E-state index is 0.0440. The number of carbonyl (C=O) groups excluding carboxylic acids is 2. The van der Waals surface area contributed by atoms with Crippen LogP contribution in [0.25, 0.3) is 11.1 Å². The molecule has 1 aliphatic heterocycles. The monoisotopic (exact) mass is 391 g/mol. The van der Waals surface area contributed by atoms with Crippen LogP contribution < -0.4 is 10.2 Å². The molecule has 0 saturated carbocycles. The Morgan fingerprint density at radius 3 is 2.45 bits per heavy atom. The summed E-state index contributed by atoms with van der Waals surface area (Å²) in [6.07, 6.45) is 1.53. The minimum Gasteiger partial charge on any atom is -0.423 e. The molecule has 6 nitrogen and oxygen atoms in total. The topological polar surface area (TPSA) is 75.4 Å². The summed E-state index contributed by atoms with van der Waals surface area (Å²) < 4.78 is 5.76. The zero-order valence-electron chi connectivity index (χ0n) is 17.0. The van der Waals surface area contributed by atoms with Gasteiger partial charge in [0.15, 0.2) is 11.4 Å². The third-order valence-electron chi connectivity index (χ3n) is 5.55. The predicted octanol–water partition coefficient (Wildman–Crippen LogP) is 4.50.